The van der Waals surface area contributed by atoms with Crippen molar-refractivity contribution < 1.29 is 0 Å². The van der Waals surface area contributed by atoms with Crippen molar-refractivity contribution in [3.63, 3.8) is 0 Å². The van der Waals surface area contributed by atoms with Gasteiger partial charge in [-0.15, -0.1) is 0 Å². The van der Waals surface area contributed by atoms with E-state index in [1.165, 1.54) is 24.1 Å². The molecule has 1 aromatic carbocycles. The molecule has 1 fully saturated rings. The van der Waals surface area contributed by atoms with E-state index in [2.05, 4.69) is 46.3 Å². The first-order chi connectivity index (χ1) is 9.86. The van der Waals surface area contributed by atoms with Crippen molar-refractivity contribution >= 4 is 5.69 Å². The summed E-state index contributed by atoms with van der Waals surface area (Å²) in [5.74, 6) is 0. The molecule has 1 saturated carbocycles. The molecular weight excluding hydrogens is 246 g/mol. The average molecular weight is 267 g/mol. The number of nitrogens with zero attached hydrogens (tertiary/aromatic N) is 2. The minimum absolute atomic E-state index is 0.609. The van der Waals surface area contributed by atoms with Gasteiger partial charge in [0.2, 0.25) is 0 Å². The zero-order chi connectivity index (χ0) is 13.8. The molecule has 0 saturated heterocycles. The summed E-state index contributed by atoms with van der Waals surface area (Å²) >= 11 is 0. The summed E-state index contributed by atoms with van der Waals surface area (Å²) in [7, 11) is 0. The predicted octanol–water partition coefficient (Wildman–Crippen LogP) is 2.75. The van der Waals surface area contributed by atoms with E-state index in [4.69, 9.17) is 5.73 Å². The fourth-order valence-corrected chi connectivity index (χ4v) is 2.51. The molecule has 0 radical (unpaired) electrons. The molecule has 3 nitrogen and oxygen atoms in total. The molecule has 20 heavy (non-hydrogen) atoms. The van der Waals surface area contributed by atoms with Crippen LogP contribution in [0.4, 0.5) is 5.69 Å². The van der Waals surface area contributed by atoms with Crippen LogP contribution >= 0.6 is 0 Å². The normalized spacial score (nSPS) is 14.2. The molecule has 0 bridgehead atoms. The van der Waals surface area contributed by atoms with E-state index >= 15 is 0 Å². The average Bonchev–Trinajstić information content (AvgIpc) is 3.34. The van der Waals surface area contributed by atoms with E-state index in [-0.39, 0.29) is 0 Å². The van der Waals surface area contributed by atoms with Crippen LogP contribution in [0.25, 0.3) is 0 Å². The molecule has 1 aliphatic rings. The van der Waals surface area contributed by atoms with Gasteiger partial charge in [-0.1, -0.05) is 18.2 Å². The molecule has 0 aliphatic heterocycles. The zero-order valence-corrected chi connectivity index (χ0v) is 11.7. The Balaban J connectivity index is 1.69. The van der Waals surface area contributed by atoms with Crippen molar-refractivity contribution in [3.8, 4) is 0 Å². The molecule has 1 aliphatic carbocycles. The van der Waals surface area contributed by atoms with Gasteiger partial charge in [0, 0.05) is 43.1 Å². The highest BCUT2D eigenvalue weighted by Crippen LogP contribution is 2.31. The first-order valence-corrected chi connectivity index (χ1v) is 7.32. The third-order valence-electron chi connectivity index (χ3n) is 3.83. The van der Waals surface area contributed by atoms with Crippen LogP contribution in [-0.2, 0) is 13.0 Å². The Hall–Kier alpha value is -1.87. The number of benzene rings is 1. The maximum atomic E-state index is 5.66. The van der Waals surface area contributed by atoms with E-state index in [1.54, 1.807) is 0 Å². The second-order valence-electron chi connectivity index (χ2n) is 5.37. The van der Waals surface area contributed by atoms with Crippen LogP contribution in [0.2, 0.25) is 0 Å². The van der Waals surface area contributed by atoms with Crippen molar-refractivity contribution in [3.05, 3.63) is 59.9 Å². The Morgan fingerprint density at radius 1 is 1.10 bits per heavy atom. The minimum atomic E-state index is 0.609. The molecule has 104 valence electrons. The number of nitrogens with two attached hydrogens (primary N) is 1. The molecule has 0 unspecified atom stereocenters. The van der Waals surface area contributed by atoms with Gasteiger partial charge in [-0.2, -0.15) is 0 Å². The molecule has 1 heterocycles. The van der Waals surface area contributed by atoms with Crippen LogP contribution in [-0.4, -0.2) is 17.6 Å². The smallest absolute Gasteiger partial charge is 0.0421 e. The van der Waals surface area contributed by atoms with Gasteiger partial charge in [0.25, 0.3) is 0 Å². The van der Waals surface area contributed by atoms with Crippen molar-refractivity contribution in [2.24, 2.45) is 5.73 Å². The summed E-state index contributed by atoms with van der Waals surface area (Å²) in [5.41, 5.74) is 9.32. The third-order valence-corrected chi connectivity index (χ3v) is 3.83. The number of aromatic nitrogens is 1. The summed E-state index contributed by atoms with van der Waals surface area (Å²) in [6.07, 6.45) is 5.48. The van der Waals surface area contributed by atoms with Crippen molar-refractivity contribution in [1.29, 1.82) is 0 Å². The maximum Gasteiger partial charge on any atom is 0.0421 e. The first-order valence-electron chi connectivity index (χ1n) is 7.32. The van der Waals surface area contributed by atoms with Crippen LogP contribution in [0.5, 0.6) is 0 Å². The lowest BCUT2D eigenvalue weighted by molar-refractivity contribution is 0.766. The van der Waals surface area contributed by atoms with Crippen LogP contribution in [0.15, 0.2) is 48.7 Å². The van der Waals surface area contributed by atoms with E-state index in [0.717, 1.165) is 18.7 Å². The van der Waals surface area contributed by atoms with Crippen molar-refractivity contribution in [1.82, 2.24) is 4.98 Å². The molecule has 1 aromatic heterocycles. The van der Waals surface area contributed by atoms with E-state index < -0.39 is 0 Å². The summed E-state index contributed by atoms with van der Waals surface area (Å²) < 4.78 is 0. The second kappa shape index (κ2) is 6.06. The van der Waals surface area contributed by atoms with Gasteiger partial charge in [-0.3, -0.25) is 4.98 Å². The minimum Gasteiger partial charge on any atom is -0.368 e. The van der Waals surface area contributed by atoms with E-state index in [1.807, 2.05) is 12.3 Å². The largest absolute Gasteiger partial charge is 0.368 e. The Kier molecular flexibility index (Phi) is 3.97. The molecule has 0 amide bonds. The Labute approximate surface area is 120 Å². The lowest BCUT2D eigenvalue weighted by Crippen LogP contribution is -2.28. The molecule has 2 aromatic rings. The summed E-state index contributed by atoms with van der Waals surface area (Å²) in [4.78, 5) is 6.92. The van der Waals surface area contributed by atoms with Crippen LogP contribution in [0.1, 0.15) is 24.1 Å². The van der Waals surface area contributed by atoms with Gasteiger partial charge >= 0.3 is 0 Å². The lowest BCUT2D eigenvalue weighted by atomic mass is 10.2. The van der Waals surface area contributed by atoms with Crippen LogP contribution < -0.4 is 10.6 Å². The third kappa shape index (κ3) is 3.17. The Bertz CT molecular complexity index is 532. The summed E-state index contributed by atoms with van der Waals surface area (Å²) in [6.45, 7) is 1.64. The summed E-state index contributed by atoms with van der Waals surface area (Å²) in [6, 6.07) is 15.5. The molecular formula is C17H21N3. The maximum absolute atomic E-state index is 5.66. The van der Waals surface area contributed by atoms with Crippen molar-refractivity contribution in [2.75, 3.05) is 11.4 Å². The number of hydrogen-bond acceptors (Lipinski definition) is 3. The van der Waals surface area contributed by atoms with Gasteiger partial charge in [0.15, 0.2) is 0 Å². The fraction of sp³-hybridized carbons (Fsp3) is 0.353. The van der Waals surface area contributed by atoms with Crippen LogP contribution in [0, 0.1) is 0 Å². The number of hydrogen-bond donors (Lipinski definition) is 1. The second-order valence-corrected chi connectivity index (χ2v) is 5.37. The highest BCUT2D eigenvalue weighted by Gasteiger charge is 2.28. The number of anilines is 1. The first kappa shape index (κ1) is 13.1. The Morgan fingerprint density at radius 2 is 1.90 bits per heavy atom. The van der Waals surface area contributed by atoms with Gasteiger partial charge in [-0.25, -0.2) is 0 Å². The highest BCUT2D eigenvalue weighted by atomic mass is 15.2. The fourth-order valence-electron chi connectivity index (χ4n) is 2.51. The molecule has 3 heteroatoms. The van der Waals surface area contributed by atoms with Gasteiger partial charge in [0.1, 0.15) is 0 Å². The van der Waals surface area contributed by atoms with Gasteiger partial charge in [-0.05, 0) is 42.7 Å². The highest BCUT2D eigenvalue weighted by molar-refractivity contribution is 5.49. The van der Waals surface area contributed by atoms with E-state index in [9.17, 15) is 0 Å². The standard InChI is InChI=1S/C17H21N3/c18-13-14-4-6-16(7-5-14)20(17-8-9-17)12-10-15-3-1-2-11-19-15/h1-7,11,17H,8-10,12-13,18H2. The molecule has 3 rings (SSSR count). The quantitative estimate of drug-likeness (QED) is 0.875. The molecule has 0 spiro atoms. The van der Waals surface area contributed by atoms with Gasteiger partial charge < -0.3 is 10.6 Å². The SMILES string of the molecule is NCc1ccc(N(CCc2ccccn2)C2CC2)cc1. The van der Waals surface area contributed by atoms with E-state index in [0.29, 0.717) is 12.6 Å². The van der Waals surface area contributed by atoms with Crippen molar-refractivity contribution in [2.45, 2.75) is 31.8 Å². The monoisotopic (exact) mass is 267 g/mol. The lowest BCUT2D eigenvalue weighted by Gasteiger charge is -2.24. The number of rotatable bonds is 6. The van der Waals surface area contributed by atoms with Gasteiger partial charge in [0.05, 0.1) is 0 Å². The number of pyridine rings is 1. The molecule has 2 N–H and O–H groups in total. The topological polar surface area (TPSA) is 42.1 Å². The Morgan fingerprint density at radius 3 is 2.50 bits per heavy atom. The zero-order valence-electron chi connectivity index (χ0n) is 11.7. The predicted molar refractivity (Wildman–Crippen MR) is 82.6 cm³/mol. The van der Waals surface area contributed by atoms with Crippen LogP contribution in [0.3, 0.4) is 0 Å². The summed E-state index contributed by atoms with van der Waals surface area (Å²) in [5, 5.41) is 0. The molecule has 0 atom stereocenters.